The van der Waals surface area contributed by atoms with E-state index in [-0.39, 0.29) is 25.0 Å². The van der Waals surface area contributed by atoms with Gasteiger partial charge in [0, 0.05) is 25.6 Å². The molecule has 1 atom stereocenters. The van der Waals surface area contributed by atoms with Gasteiger partial charge in [-0.3, -0.25) is 4.79 Å². The van der Waals surface area contributed by atoms with Gasteiger partial charge >= 0.3 is 0 Å². The molecule has 0 spiro atoms. The van der Waals surface area contributed by atoms with Crippen molar-refractivity contribution >= 4 is 11.9 Å². The lowest BCUT2D eigenvalue weighted by Crippen LogP contribution is -2.40. The Hall–Kier alpha value is -2.08. The van der Waals surface area contributed by atoms with Crippen molar-refractivity contribution in [2.75, 3.05) is 32.8 Å². The third-order valence-corrected chi connectivity index (χ3v) is 3.30. The minimum absolute atomic E-state index is 0.0195. The maximum atomic E-state index is 11.6. The first-order valence-electron chi connectivity index (χ1n) is 8.15. The molecule has 0 aliphatic rings. The lowest BCUT2D eigenvalue weighted by molar-refractivity contribution is -0.119. The number of carbonyl (C=O) groups excluding carboxylic acids is 1. The summed E-state index contributed by atoms with van der Waals surface area (Å²) in [6.07, 6.45) is 0.906. The number of benzene rings is 1. The Bertz CT molecular complexity index is 477. The standard InChI is InChI=1S/C17H28N4O2/c1-3-10-19-16(23)12-21-17(18-4-2)20-11-15(13-22)14-8-6-5-7-9-14/h5-9,15,22H,3-4,10-13H2,1-2H3,(H,19,23)(H2,18,20,21). The van der Waals surface area contributed by atoms with E-state index in [2.05, 4.69) is 20.9 Å². The summed E-state index contributed by atoms with van der Waals surface area (Å²) in [6, 6.07) is 9.84. The largest absolute Gasteiger partial charge is 0.396 e. The molecule has 23 heavy (non-hydrogen) atoms. The van der Waals surface area contributed by atoms with Crippen molar-refractivity contribution in [3.63, 3.8) is 0 Å². The van der Waals surface area contributed by atoms with Crippen LogP contribution >= 0.6 is 0 Å². The Morgan fingerprint density at radius 3 is 2.52 bits per heavy atom. The van der Waals surface area contributed by atoms with Crippen LogP contribution in [0.4, 0.5) is 0 Å². The zero-order chi connectivity index (χ0) is 16.9. The van der Waals surface area contributed by atoms with Gasteiger partial charge in [0.05, 0.1) is 6.61 Å². The number of nitrogens with one attached hydrogen (secondary N) is 3. The van der Waals surface area contributed by atoms with Gasteiger partial charge in [-0.2, -0.15) is 0 Å². The Balaban J connectivity index is 2.55. The lowest BCUT2D eigenvalue weighted by atomic mass is 10.0. The van der Waals surface area contributed by atoms with Gasteiger partial charge in [-0.15, -0.1) is 0 Å². The van der Waals surface area contributed by atoms with Gasteiger partial charge in [-0.1, -0.05) is 37.3 Å². The maximum absolute atomic E-state index is 11.6. The van der Waals surface area contributed by atoms with Crippen LogP contribution in [0.25, 0.3) is 0 Å². The van der Waals surface area contributed by atoms with Gasteiger partial charge in [0.2, 0.25) is 5.91 Å². The number of amides is 1. The van der Waals surface area contributed by atoms with Crippen LogP contribution in [0.15, 0.2) is 35.3 Å². The van der Waals surface area contributed by atoms with E-state index in [4.69, 9.17) is 0 Å². The first-order chi connectivity index (χ1) is 11.2. The molecule has 0 aliphatic carbocycles. The summed E-state index contributed by atoms with van der Waals surface area (Å²) in [5, 5.41) is 18.6. The van der Waals surface area contributed by atoms with Crippen LogP contribution in [-0.2, 0) is 4.79 Å². The van der Waals surface area contributed by atoms with E-state index in [1.165, 1.54) is 0 Å². The number of aliphatic hydroxyl groups is 1. The average Bonchev–Trinajstić information content (AvgIpc) is 2.59. The molecule has 0 aliphatic heterocycles. The summed E-state index contributed by atoms with van der Waals surface area (Å²) in [4.78, 5) is 15.9. The summed E-state index contributed by atoms with van der Waals surface area (Å²) in [5.41, 5.74) is 1.07. The van der Waals surface area contributed by atoms with Crippen LogP contribution < -0.4 is 16.0 Å². The molecule has 6 heteroatoms. The molecular formula is C17H28N4O2. The Morgan fingerprint density at radius 1 is 1.17 bits per heavy atom. The van der Waals surface area contributed by atoms with E-state index in [1.807, 2.05) is 44.2 Å². The molecule has 1 unspecified atom stereocenters. The van der Waals surface area contributed by atoms with Crippen LogP contribution in [0, 0.1) is 0 Å². The van der Waals surface area contributed by atoms with E-state index in [0.717, 1.165) is 12.0 Å². The fourth-order valence-corrected chi connectivity index (χ4v) is 2.05. The first kappa shape index (κ1) is 19.0. The van der Waals surface area contributed by atoms with Crippen LogP contribution in [0.1, 0.15) is 31.7 Å². The predicted octanol–water partition coefficient (Wildman–Crippen LogP) is 0.844. The van der Waals surface area contributed by atoms with Crippen molar-refractivity contribution in [1.29, 1.82) is 0 Å². The molecule has 1 rings (SSSR count). The number of carbonyl (C=O) groups is 1. The number of guanidine groups is 1. The normalized spacial score (nSPS) is 12.6. The minimum atomic E-state index is -0.0918. The van der Waals surface area contributed by atoms with Crippen molar-refractivity contribution in [1.82, 2.24) is 16.0 Å². The average molecular weight is 320 g/mol. The molecule has 128 valence electrons. The van der Waals surface area contributed by atoms with Crippen molar-refractivity contribution < 1.29 is 9.90 Å². The van der Waals surface area contributed by atoms with E-state index in [1.54, 1.807) is 0 Å². The Morgan fingerprint density at radius 2 is 1.91 bits per heavy atom. The molecule has 4 N–H and O–H groups in total. The van der Waals surface area contributed by atoms with E-state index in [9.17, 15) is 9.90 Å². The molecule has 1 aromatic carbocycles. The van der Waals surface area contributed by atoms with Crippen LogP contribution in [-0.4, -0.2) is 49.8 Å². The summed E-state index contributed by atoms with van der Waals surface area (Å²) in [7, 11) is 0. The lowest BCUT2D eigenvalue weighted by Gasteiger charge is -2.18. The van der Waals surface area contributed by atoms with Crippen molar-refractivity contribution in [3.05, 3.63) is 35.9 Å². The van der Waals surface area contributed by atoms with E-state index < -0.39 is 0 Å². The number of hydrogen-bond acceptors (Lipinski definition) is 3. The molecule has 1 amide bonds. The van der Waals surface area contributed by atoms with Gasteiger partial charge in [0.15, 0.2) is 5.96 Å². The van der Waals surface area contributed by atoms with E-state index in [0.29, 0.717) is 25.6 Å². The van der Waals surface area contributed by atoms with Crippen LogP contribution in [0.5, 0.6) is 0 Å². The second-order valence-corrected chi connectivity index (χ2v) is 5.22. The minimum Gasteiger partial charge on any atom is -0.396 e. The number of aliphatic hydroxyl groups excluding tert-OH is 1. The van der Waals surface area contributed by atoms with E-state index >= 15 is 0 Å². The smallest absolute Gasteiger partial charge is 0.241 e. The molecule has 0 bridgehead atoms. The zero-order valence-electron chi connectivity index (χ0n) is 14.0. The second kappa shape index (κ2) is 11.5. The van der Waals surface area contributed by atoms with Crippen molar-refractivity contribution in [3.8, 4) is 0 Å². The Kier molecular flexibility index (Phi) is 9.47. The summed E-state index contributed by atoms with van der Waals surface area (Å²) in [5.74, 6) is 0.466. The number of hydrogen-bond donors (Lipinski definition) is 4. The van der Waals surface area contributed by atoms with Crippen molar-refractivity contribution in [2.24, 2.45) is 4.99 Å². The summed E-state index contributed by atoms with van der Waals surface area (Å²) in [6.45, 7) is 6.03. The van der Waals surface area contributed by atoms with Gasteiger partial charge in [-0.05, 0) is 18.9 Å². The SMILES string of the molecule is CCCNC(=O)CN=C(NCC)NCC(CO)c1ccccc1. The number of aliphatic imine (C=N–C) groups is 1. The monoisotopic (exact) mass is 320 g/mol. The van der Waals surface area contributed by atoms with Gasteiger partial charge < -0.3 is 21.1 Å². The topological polar surface area (TPSA) is 85.8 Å². The molecular weight excluding hydrogens is 292 g/mol. The summed E-state index contributed by atoms with van der Waals surface area (Å²) < 4.78 is 0. The number of rotatable bonds is 9. The third kappa shape index (κ3) is 7.65. The Labute approximate surface area is 138 Å². The molecule has 0 saturated heterocycles. The third-order valence-electron chi connectivity index (χ3n) is 3.30. The molecule has 6 nitrogen and oxygen atoms in total. The first-order valence-corrected chi connectivity index (χ1v) is 8.15. The predicted molar refractivity (Wildman–Crippen MR) is 93.6 cm³/mol. The molecule has 0 saturated carbocycles. The molecule has 0 aromatic heterocycles. The molecule has 0 heterocycles. The molecule has 0 radical (unpaired) electrons. The van der Waals surface area contributed by atoms with Crippen molar-refractivity contribution in [2.45, 2.75) is 26.2 Å². The fraction of sp³-hybridized carbons (Fsp3) is 0.529. The van der Waals surface area contributed by atoms with Crippen LogP contribution in [0.2, 0.25) is 0 Å². The van der Waals surface area contributed by atoms with Gasteiger partial charge in [0.25, 0.3) is 0 Å². The fourth-order valence-electron chi connectivity index (χ4n) is 2.05. The number of nitrogens with zero attached hydrogens (tertiary/aromatic N) is 1. The highest BCUT2D eigenvalue weighted by molar-refractivity contribution is 5.84. The highest BCUT2D eigenvalue weighted by Crippen LogP contribution is 2.13. The highest BCUT2D eigenvalue weighted by atomic mass is 16.3. The quantitative estimate of drug-likeness (QED) is 0.401. The molecule has 0 fully saturated rings. The maximum Gasteiger partial charge on any atom is 0.241 e. The van der Waals surface area contributed by atoms with Crippen LogP contribution in [0.3, 0.4) is 0 Å². The highest BCUT2D eigenvalue weighted by Gasteiger charge is 2.11. The summed E-state index contributed by atoms with van der Waals surface area (Å²) >= 11 is 0. The molecule has 1 aromatic rings. The van der Waals surface area contributed by atoms with Gasteiger partial charge in [0.1, 0.15) is 6.54 Å². The second-order valence-electron chi connectivity index (χ2n) is 5.22. The zero-order valence-corrected chi connectivity index (χ0v) is 14.0. The van der Waals surface area contributed by atoms with Gasteiger partial charge in [-0.25, -0.2) is 4.99 Å².